The van der Waals surface area contributed by atoms with Gasteiger partial charge in [-0.15, -0.1) is 0 Å². The van der Waals surface area contributed by atoms with E-state index in [1.807, 2.05) is 0 Å². The average molecular weight is 281 g/mol. The molecule has 6 nitrogen and oxygen atoms in total. The molecule has 19 heavy (non-hydrogen) atoms. The van der Waals surface area contributed by atoms with Crippen LogP contribution >= 0.6 is 11.8 Å². The number of nitro benzene ring substituents is 1. The Hall–Kier alpha value is -2.15. The van der Waals surface area contributed by atoms with Gasteiger partial charge in [-0.1, -0.05) is 23.9 Å². The normalized spacial score (nSPS) is 10.6. The Balaban J connectivity index is 3.05. The molecule has 0 atom stereocenters. The number of non-ortho nitro benzene ring substituents is 1. The lowest BCUT2D eigenvalue weighted by Gasteiger charge is -2.02. The largest absolute Gasteiger partial charge is 0.507 e. The van der Waals surface area contributed by atoms with Gasteiger partial charge in [0.05, 0.1) is 10.5 Å². The monoisotopic (exact) mass is 281 g/mol. The molecule has 0 saturated carbocycles. The predicted molar refractivity (Wildman–Crippen MR) is 72.3 cm³/mol. The summed E-state index contributed by atoms with van der Waals surface area (Å²) < 4.78 is 0. The van der Waals surface area contributed by atoms with Gasteiger partial charge in [0.15, 0.2) is 11.4 Å². The predicted octanol–water partition coefficient (Wildman–Crippen LogP) is 2.41. The number of nitrogens with zero attached hydrogens (tertiary/aromatic N) is 1. The number of nitro groups is 1. The molecule has 100 valence electrons. The first-order valence-electron chi connectivity index (χ1n) is 5.22. The lowest BCUT2D eigenvalue weighted by molar-refractivity contribution is -0.384. The molecule has 0 bridgehead atoms. The smallest absolute Gasteiger partial charge is 0.271 e. The van der Waals surface area contributed by atoms with Crippen molar-refractivity contribution in [3.05, 3.63) is 39.4 Å². The Bertz CT molecular complexity index is 553. The van der Waals surface area contributed by atoms with Crippen LogP contribution in [0.1, 0.15) is 22.8 Å². The number of hydrogen-bond donors (Lipinski definition) is 1. The Labute approximate surface area is 113 Å². The molecule has 0 radical (unpaired) electrons. The second-order valence-corrected chi connectivity index (χ2v) is 4.75. The maximum Gasteiger partial charge on any atom is 0.271 e. The summed E-state index contributed by atoms with van der Waals surface area (Å²) in [4.78, 5) is 31.5. The third-order valence-electron chi connectivity index (χ3n) is 2.17. The van der Waals surface area contributed by atoms with Crippen molar-refractivity contribution in [1.29, 1.82) is 0 Å². The second kappa shape index (κ2) is 6.69. The summed E-state index contributed by atoms with van der Waals surface area (Å²) in [6.45, 7) is 1.42. The zero-order valence-electron chi connectivity index (χ0n) is 10.0. The Kier molecular flexibility index (Phi) is 5.25. The number of carbonyl (C=O) groups is 2. The maximum absolute atomic E-state index is 10.7. The SMILES string of the molecule is CC(=O)SCC=Cc1cc([N+](=O)[O-])cc(C=O)c1O. The van der Waals surface area contributed by atoms with Crippen LogP contribution in [0.3, 0.4) is 0 Å². The van der Waals surface area contributed by atoms with E-state index in [1.54, 1.807) is 6.08 Å². The first-order valence-corrected chi connectivity index (χ1v) is 6.20. The average Bonchev–Trinajstić information content (AvgIpc) is 2.35. The Morgan fingerprint density at radius 3 is 2.63 bits per heavy atom. The lowest BCUT2D eigenvalue weighted by Crippen LogP contribution is -1.93. The number of phenols is 1. The van der Waals surface area contributed by atoms with Crippen molar-refractivity contribution < 1.29 is 19.6 Å². The van der Waals surface area contributed by atoms with Gasteiger partial charge in [-0.3, -0.25) is 19.7 Å². The molecule has 1 N–H and O–H groups in total. The van der Waals surface area contributed by atoms with E-state index in [0.29, 0.717) is 12.0 Å². The number of carbonyl (C=O) groups excluding carboxylic acids is 2. The fourth-order valence-corrected chi connectivity index (χ4v) is 1.75. The Morgan fingerprint density at radius 1 is 1.47 bits per heavy atom. The minimum absolute atomic E-state index is 0.0542. The van der Waals surface area contributed by atoms with E-state index >= 15 is 0 Å². The van der Waals surface area contributed by atoms with Gasteiger partial charge < -0.3 is 5.11 Å². The standard InChI is InChI=1S/C12H11NO5S/c1-8(15)19-4-2-3-9-5-11(13(17)18)6-10(7-14)12(9)16/h2-3,5-7,16H,4H2,1H3. The van der Waals surface area contributed by atoms with Crippen molar-refractivity contribution in [2.75, 3.05) is 5.75 Å². The van der Waals surface area contributed by atoms with Crippen LogP contribution < -0.4 is 0 Å². The van der Waals surface area contributed by atoms with Crippen LogP contribution in [-0.2, 0) is 4.79 Å². The van der Waals surface area contributed by atoms with Crippen LogP contribution in [0.4, 0.5) is 5.69 Å². The van der Waals surface area contributed by atoms with Crippen molar-refractivity contribution in [3.63, 3.8) is 0 Å². The van der Waals surface area contributed by atoms with Crippen LogP contribution in [0.15, 0.2) is 18.2 Å². The molecule has 1 aromatic carbocycles. The molecule has 0 aliphatic heterocycles. The molecule has 0 saturated heterocycles. The third-order valence-corrected chi connectivity index (χ3v) is 2.94. The zero-order chi connectivity index (χ0) is 14.4. The molecule has 0 unspecified atom stereocenters. The molecule has 0 aliphatic carbocycles. The first kappa shape index (κ1) is 14.9. The minimum Gasteiger partial charge on any atom is -0.507 e. The number of hydrogen-bond acceptors (Lipinski definition) is 6. The molecule has 0 aliphatic rings. The molecule has 0 heterocycles. The number of rotatable bonds is 5. The number of aromatic hydroxyl groups is 1. The summed E-state index contributed by atoms with van der Waals surface area (Å²) in [7, 11) is 0. The summed E-state index contributed by atoms with van der Waals surface area (Å²) >= 11 is 1.07. The van der Waals surface area contributed by atoms with Gasteiger partial charge in [0.25, 0.3) is 5.69 Å². The van der Waals surface area contributed by atoms with Gasteiger partial charge >= 0.3 is 0 Å². The number of benzene rings is 1. The van der Waals surface area contributed by atoms with Gasteiger partial charge in [-0.2, -0.15) is 0 Å². The highest BCUT2D eigenvalue weighted by Gasteiger charge is 2.14. The van der Waals surface area contributed by atoms with Crippen molar-refractivity contribution in [3.8, 4) is 5.75 Å². The number of phenolic OH excluding ortho intramolecular Hbond substituents is 1. The van der Waals surface area contributed by atoms with Crippen molar-refractivity contribution >= 4 is 34.9 Å². The van der Waals surface area contributed by atoms with E-state index in [1.165, 1.54) is 13.0 Å². The van der Waals surface area contributed by atoms with E-state index < -0.39 is 4.92 Å². The molecule has 1 aromatic rings. The van der Waals surface area contributed by atoms with E-state index in [9.17, 15) is 24.8 Å². The zero-order valence-corrected chi connectivity index (χ0v) is 10.8. The maximum atomic E-state index is 10.7. The summed E-state index contributed by atoms with van der Waals surface area (Å²) in [6.07, 6.45) is 3.37. The van der Waals surface area contributed by atoms with Crippen LogP contribution in [0.25, 0.3) is 6.08 Å². The topological polar surface area (TPSA) is 97.5 Å². The third kappa shape index (κ3) is 4.22. The highest BCUT2D eigenvalue weighted by Crippen LogP contribution is 2.28. The summed E-state index contributed by atoms with van der Waals surface area (Å²) in [6, 6.07) is 2.17. The van der Waals surface area contributed by atoms with Gasteiger partial charge in [0.1, 0.15) is 5.75 Å². The molecule has 0 fully saturated rings. The molecule has 7 heteroatoms. The van der Waals surface area contributed by atoms with Crippen LogP contribution in [0.5, 0.6) is 5.75 Å². The van der Waals surface area contributed by atoms with Crippen LogP contribution in [0, 0.1) is 10.1 Å². The van der Waals surface area contributed by atoms with Gasteiger partial charge in [-0.05, 0) is 0 Å². The highest BCUT2D eigenvalue weighted by molar-refractivity contribution is 8.13. The summed E-state index contributed by atoms with van der Waals surface area (Å²) in [5, 5.41) is 20.4. The fourth-order valence-electron chi connectivity index (χ4n) is 1.33. The number of thioether (sulfide) groups is 1. The number of aldehydes is 1. The molecule has 1 rings (SSSR count). The van der Waals surface area contributed by atoms with E-state index in [2.05, 4.69) is 0 Å². The van der Waals surface area contributed by atoms with Crippen LogP contribution in [0.2, 0.25) is 0 Å². The van der Waals surface area contributed by atoms with Crippen LogP contribution in [-0.4, -0.2) is 27.2 Å². The first-order chi connectivity index (χ1) is 8.95. The lowest BCUT2D eigenvalue weighted by atomic mass is 10.1. The second-order valence-electron chi connectivity index (χ2n) is 3.55. The van der Waals surface area contributed by atoms with Gasteiger partial charge in [0.2, 0.25) is 0 Å². The molecular formula is C12H11NO5S. The quantitative estimate of drug-likeness (QED) is 0.505. The van der Waals surface area contributed by atoms with Crippen molar-refractivity contribution in [1.82, 2.24) is 0 Å². The highest BCUT2D eigenvalue weighted by atomic mass is 32.2. The molecule has 0 amide bonds. The Morgan fingerprint density at radius 2 is 2.11 bits per heavy atom. The van der Waals surface area contributed by atoms with Gasteiger partial charge in [0, 0.05) is 30.4 Å². The van der Waals surface area contributed by atoms with E-state index in [4.69, 9.17) is 0 Å². The minimum atomic E-state index is -0.645. The summed E-state index contributed by atoms with van der Waals surface area (Å²) in [5.41, 5.74) is -0.257. The van der Waals surface area contributed by atoms with Gasteiger partial charge in [-0.25, -0.2) is 0 Å². The summed E-state index contributed by atoms with van der Waals surface area (Å²) in [5.74, 6) is 0.0677. The van der Waals surface area contributed by atoms with E-state index in [-0.39, 0.29) is 27.7 Å². The van der Waals surface area contributed by atoms with E-state index in [0.717, 1.165) is 23.9 Å². The molecule has 0 aromatic heterocycles. The van der Waals surface area contributed by atoms with Crippen molar-refractivity contribution in [2.45, 2.75) is 6.92 Å². The molecule has 0 spiro atoms. The fraction of sp³-hybridized carbons (Fsp3) is 0.167. The van der Waals surface area contributed by atoms with Crippen molar-refractivity contribution in [2.24, 2.45) is 0 Å². The molecular weight excluding hydrogens is 270 g/mol.